The van der Waals surface area contributed by atoms with Gasteiger partial charge < -0.3 is 4.74 Å². The first kappa shape index (κ1) is 18.3. The number of aromatic nitrogens is 2. The highest BCUT2D eigenvalue weighted by Crippen LogP contribution is 2.15. The molecule has 3 aromatic rings. The molecule has 0 aliphatic rings. The number of carbonyl (C=O) groups is 1. The van der Waals surface area contributed by atoms with Crippen molar-refractivity contribution in [3.8, 4) is 5.75 Å². The van der Waals surface area contributed by atoms with Crippen molar-refractivity contribution in [3.63, 3.8) is 0 Å². The molecule has 0 fully saturated rings. The van der Waals surface area contributed by atoms with Gasteiger partial charge in [0.05, 0.1) is 24.8 Å². The molecule has 1 N–H and O–H groups in total. The summed E-state index contributed by atoms with van der Waals surface area (Å²) in [6.45, 7) is 3.68. The predicted molar refractivity (Wildman–Crippen MR) is 104 cm³/mol. The smallest absolute Gasteiger partial charge is 0.292 e. The van der Waals surface area contributed by atoms with Gasteiger partial charge in [0.1, 0.15) is 5.75 Å². The van der Waals surface area contributed by atoms with Gasteiger partial charge in [-0.1, -0.05) is 18.2 Å². The number of nitrogens with one attached hydrogen (secondary N) is 1. The summed E-state index contributed by atoms with van der Waals surface area (Å²) in [5.74, 6) is 0.258. The Morgan fingerprint density at radius 3 is 2.44 bits per heavy atom. The molecule has 7 heteroatoms. The Kier molecular flexibility index (Phi) is 5.30. The largest absolute Gasteiger partial charge is 0.497 e. The van der Waals surface area contributed by atoms with Crippen LogP contribution in [-0.2, 0) is 0 Å². The molecule has 0 saturated carbocycles. The van der Waals surface area contributed by atoms with E-state index in [4.69, 9.17) is 4.74 Å². The minimum Gasteiger partial charge on any atom is -0.497 e. The number of amides is 1. The van der Waals surface area contributed by atoms with E-state index in [2.05, 4.69) is 15.6 Å². The molecular formula is C20H20N4O3. The van der Waals surface area contributed by atoms with Crippen molar-refractivity contribution in [2.24, 2.45) is 5.10 Å². The van der Waals surface area contributed by atoms with E-state index in [1.54, 1.807) is 43.5 Å². The molecule has 0 saturated heterocycles. The number of fused-ring (bicyclic) bond motifs is 1. The Labute approximate surface area is 156 Å². The maximum Gasteiger partial charge on any atom is 0.292 e. The molecule has 1 amide bonds. The van der Waals surface area contributed by atoms with Crippen molar-refractivity contribution in [2.45, 2.75) is 19.9 Å². The summed E-state index contributed by atoms with van der Waals surface area (Å²) in [6.07, 6.45) is 1.53. The van der Waals surface area contributed by atoms with Crippen LogP contribution < -0.4 is 15.7 Å². The highest BCUT2D eigenvalue weighted by molar-refractivity contribution is 6.04. The van der Waals surface area contributed by atoms with Crippen molar-refractivity contribution < 1.29 is 9.53 Å². The third kappa shape index (κ3) is 3.87. The second-order valence-corrected chi connectivity index (χ2v) is 6.21. The van der Waals surface area contributed by atoms with E-state index in [-0.39, 0.29) is 17.3 Å². The van der Waals surface area contributed by atoms with Gasteiger partial charge in [-0.2, -0.15) is 10.2 Å². The highest BCUT2D eigenvalue weighted by Gasteiger charge is 2.17. The number of rotatable bonds is 5. The summed E-state index contributed by atoms with van der Waals surface area (Å²) in [4.78, 5) is 25.1. The Hall–Kier alpha value is -3.48. The first-order valence-corrected chi connectivity index (χ1v) is 8.50. The van der Waals surface area contributed by atoms with Crippen LogP contribution in [0.3, 0.4) is 0 Å². The van der Waals surface area contributed by atoms with Crippen LogP contribution in [0.25, 0.3) is 10.8 Å². The second kappa shape index (κ2) is 7.82. The monoisotopic (exact) mass is 364 g/mol. The summed E-state index contributed by atoms with van der Waals surface area (Å²) < 4.78 is 6.41. The Morgan fingerprint density at radius 2 is 1.81 bits per heavy atom. The molecule has 0 unspecified atom stereocenters. The Bertz CT molecular complexity index is 1050. The lowest BCUT2D eigenvalue weighted by molar-refractivity contribution is 0.0949. The van der Waals surface area contributed by atoms with Crippen LogP contribution in [0.1, 0.15) is 35.9 Å². The molecule has 0 spiro atoms. The van der Waals surface area contributed by atoms with Crippen molar-refractivity contribution in [2.75, 3.05) is 7.11 Å². The van der Waals surface area contributed by atoms with Gasteiger partial charge in [0, 0.05) is 5.39 Å². The number of carbonyl (C=O) groups excluding carboxylic acids is 1. The van der Waals surface area contributed by atoms with E-state index in [0.29, 0.717) is 10.8 Å². The number of nitrogens with zero attached hydrogens (tertiary/aromatic N) is 3. The lowest BCUT2D eigenvalue weighted by Gasteiger charge is -2.12. The summed E-state index contributed by atoms with van der Waals surface area (Å²) in [5.41, 5.74) is 3.22. The third-order valence-corrected chi connectivity index (χ3v) is 4.03. The minimum atomic E-state index is -0.481. The van der Waals surface area contributed by atoms with Crippen molar-refractivity contribution in [3.05, 3.63) is 70.1 Å². The van der Waals surface area contributed by atoms with Crippen molar-refractivity contribution >= 4 is 22.9 Å². The van der Waals surface area contributed by atoms with Gasteiger partial charge in [-0.25, -0.2) is 10.1 Å². The normalized spacial score (nSPS) is 11.3. The maximum atomic E-state index is 12.6. The van der Waals surface area contributed by atoms with Crippen LogP contribution in [0.4, 0.5) is 0 Å². The number of methoxy groups -OCH3 is 1. The second-order valence-electron chi connectivity index (χ2n) is 6.21. The molecule has 1 aromatic heterocycles. The van der Waals surface area contributed by atoms with Crippen LogP contribution in [0.2, 0.25) is 0 Å². The number of hydrogen-bond acceptors (Lipinski definition) is 5. The zero-order chi connectivity index (χ0) is 19.4. The Balaban J connectivity index is 1.89. The SMILES string of the molecule is COc1ccc(/C=N\NC(=O)c2nn(C(C)C)c(=O)c3ccccc23)cc1. The highest BCUT2D eigenvalue weighted by atomic mass is 16.5. The summed E-state index contributed by atoms with van der Waals surface area (Å²) in [5, 5.41) is 9.18. The first-order chi connectivity index (χ1) is 13.0. The van der Waals surface area contributed by atoms with Crippen molar-refractivity contribution in [1.29, 1.82) is 0 Å². The Morgan fingerprint density at radius 1 is 1.15 bits per heavy atom. The minimum absolute atomic E-state index is 0.158. The maximum absolute atomic E-state index is 12.6. The van der Waals surface area contributed by atoms with Gasteiger partial charge in [-0.15, -0.1) is 0 Å². The predicted octanol–water partition coefficient (Wildman–Crippen LogP) is 2.75. The molecule has 27 heavy (non-hydrogen) atoms. The van der Waals surface area contributed by atoms with E-state index in [0.717, 1.165) is 11.3 Å². The van der Waals surface area contributed by atoms with Gasteiger partial charge in [-0.05, 0) is 49.7 Å². The molecule has 0 atom stereocenters. The van der Waals surface area contributed by atoms with Crippen LogP contribution in [0, 0.1) is 0 Å². The molecule has 0 aliphatic heterocycles. The number of hydrogen-bond donors (Lipinski definition) is 1. The lowest BCUT2D eigenvalue weighted by atomic mass is 10.1. The number of benzene rings is 2. The fourth-order valence-electron chi connectivity index (χ4n) is 2.63. The zero-order valence-electron chi connectivity index (χ0n) is 15.3. The molecule has 138 valence electrons. The van der Waals surface area contributed by atoms with Crippen LogP contribution in [0.15, 0.2) is 58.4 Å². The number of hydrazone groups is 1. The fraction of sp³-hybridized carbons (Fsp3) is 0.200. The van der Waals surface area contributed by atoms with E-state index >= 15 is 0 Å². The quantitative estimate of drug-likeness (QED) is 0.557. The van der Waals surface area contributed by atoms with E-state index in [1.165, 1.54) is 10.9 Å². The summed E-state index contributed by atoms with van der Waals surface area (Å²) >= 11 is 0. The molecule has 2 aromatic carbocycles. The average molecular weight is 364 g/mol. The first-order valence-electron chi connectivity index (χ1n) is 8.50. The van der Waals surface area contributed by atoms with Crippen molar-refractivity contribution in [1.82, 2.24) is 15.2 Å². The third-order valence-electron chi connectivity index (χ3n) is 4.03. The van der Waals surface area contributed by atoms with Gasteiger partial charge in [0.25, 0.3) is 11.5 Å². The van der Waals surface area contributed by atoms with E-state index in [1.807, 2.05) is 26.0 Å². The molecule has 1 heterocycles. The standard InChI is InChI=1S/C20H20N4O3/c1-13(2)24-20(26)17-7-5-4-6-16(17)18(23-24)19(25)22-21-12-14-8-10-15(27-3)11-9-14/h4-13H,1-3H3,(H,22,25)/b21-12-. The van der Waals surface area contributed by atoms with Gasteiger partial charge in [0.15, 0.2) is 5.69 Å². The van der Waals surface area contributed by atoms with Gasteiger partial charge in [0.2, 0.25) is 0 Å². The zero-order valence-corrected chi connectivity index (χ0v) is 15.3. The molecule has 0 aliphatic carbocycles. The molecule has 0 radical (unpaired) electrons. The molecular weight excluding hydrogens is 344 g/mol. The van der Waals surface area contributed by atoms with Gasteiger partial charge in [-0.3, -0.25) is 9.59 Å². The van der Waals surface area contributed by atoms with Crippen LogP contribution >= 0.6 is 0 Å². The molecule has 0 bridgehead atoms. The summed E-state index contributed by atoms with van der Waals surface area (Å²) in [6, 6.07) is 14.0. The van der Waals surface area contributed by atoms with E-state index in [9.17, 15) is 9.59 Å². The fourth-order valence-corrected chi connectivity index (χ4v) is 2.63. The topological polar surface area (TPSA) is 85.6 Å². The van der Waals surface area contributed by atoms with Gasteiger partial charge >= 0.3 is 0 Å². The van der Waals surface area contributed by atoms with Crippen LogP contribution in [0.5, 0.6) is 5.75 Å². The molecule has 7 nitrogen and oxygen atoms in total. The van der Waals surface area contributed by atoms with Crippen LogP contribution in [-0.4, -0.2) is 29.0 Å². The van der Waals surface area contributed by atoms with E-state index < -0.39 is 5.91 Å². The lowest BCUT2D eigenvalue weighted by Crippen LogP contribution is -2.30. The summed E-state index contributed by atoms with van der Waals surface area (Å²) in [7, 11) is 1.59. The number of ether oxygens (including phenoxy) is 1. The molecule has 3 rings (SSSR count). The average Bonchev–Trinajstić information content (AvgIpc) is 2.68.